The summed E-state index contributed by atoms with van der Waals surface area (Å²) in [6.07, 6.45) is 6.85. The normalized spacial score (nSPS) is 18.8. The van der Waals surface area contributed by atoms with Crippen molar-refractivity contribution in [1.29, 1.82) is 0 Å². The van der Waals surface area contributed by atoms with E-state index in [1.165, 1.54) is 12.8 Å². The summed E-state index contributed by atoms with van der Waals surface area (Å²) in [4.78, 5) is 2.36. The van der Waals surface area contributed by atoms with Crippen LogP contribution in [-0.2, 0) is 4.74 Å². The predicted molar refractivity (Wildman–Crippen MR) is 79.5 cm³/mol. The van der Waals surface area contributed by atoms with Gasteiger partial charge in [-0.1, -0.05) is 6.92 Å². The Morgan fingerprint density at radius 1 is 1.32 bits per heavy atom. The van der Waals surface area contributed by atoms with Gasteiger partial charge in [-0.05, 0) is 52.1 Å². The third kappa shape index (κ3) is 6.70. The van der Waals surface area contributed by atoms with Crippen molar-refractivity contribution in [2.75, 3.05) is 40.5 Å². The Hall–Kier alpha value is -0.160. The first-order valence-corrected chi connectivity index (χ1v) is 7.72. The Kier molecular flexibility index (Phi) is 7.91. The number of hydrogen-bond acceptors (Lipinski definition) is 4. The van der Waals surface area contributed by atoms with Crippen LogP contribution in [0.15, 0.2) is 0 Å². The fourth-order valence-electron chi connectivity index (χ4n) is 2.53. The van der Waals surface area contributed by atoms with Gasteiger partial charge in [-0.3, -0.25) is 0 Å². The zero-order valence-corrected chi connectivity index (χ0v) is 13.0. The SMILES string of the molecule is CCC(CO)(CCCN(C)CCCOC)NC1CC1. The molecule has 1 unspecified atom stereocenters. The van der Waals surface area contributed by atoms with Crippen molar-refractivity contribution in [2.45, 2.75) is 57.0 Å². The van der Waals surface area contributed by atoms with Crippen LogP contribution in [0.4, 0.5) is 0 Å². The highest BCUT2D eigenvalue weighted by atomic mass is 16.5. The molecule has 0 spiro atoms. The minimum Gasteiger partial charge on any atom is -0.394 e. The molecule has 0 radical (unpaired) electrons. The van der Waals surface area contributed by atoms with Gasteiger partial charge in [-0.25, -0.2) is 0 Å². The molecule has 0 aromatic heterocycles. The number of methoxy groups -OCH3 is 1. The maximum absolute atomic E-state index is 9.70. The highest BCUT2D eigenvalue weighted by molar-refractivity contribution is 4.94. The van der Waals surface area contributed by atoms with E-state index in [9.17, 15) is 5.11 Å². The average molecular weight is 272 g/mol. The third-order valence-corrected chi connectivity index (χ3v) is 4.15. The zero-order valence-electron chi connectivity index (χ0n) is 13.0. The summed E-state index contributed by atoms with van der Waals surface area (Å²) >= 11 is 0. The lowest BCUT2D eigenvalue weighted by Crippen LogP contribution is -2.49. The summed E-state index contributed by atoms with van der Waals surface area (Å²) < 4.78 is 5.07. The monoisotopic (exact) mass is 272 g/mol. The maximum atomic E-state index is 9.70. The fraction of sp³-hybridized carbons (Fsp3) is 1.00. The van der Waals surface area contributed by atoms with Crippen molar-refractivity contribution in [3.8, 4) is 0 Å². The van der Waals surface area contributed by atoms with E-state index in [-0.39, 0.29) is 12.1 Å². The van der Waals surface area contributed by atoms with Crippen LogP contribution in [0.3, 0.4) is 0 Å². The number of hydrogen-bond donors (Lipinski definition) is 2. The summed E-state index contributed by atoms with van der Waals surface area (Å²) in [7, 11) is 3.91. The first kappa shape index (κ1) is 16.9. The molecule has 0 amide bonds. The lowest BCUT2D eigenvalue weighted by atomic mass is 9.91. The summed E-state index contributed by atoms with van der Waals surface area (Å²) in [6.45, 7) is 5.45. The van der Waals surface area contributed by atoms with Gasteiger partial charge in [0.15, 0.2) is 0 Å². The van der Waals surface area contributed by atoms with E-state index in [2.05, 4.69) is 24.2 Å². The van der Waals surface area contributed by atoms with Crippen molar-refractivity contribution in [3.63, 3.8) is 0 Å². The quantitative estimate of drug-likeness (QED) is 0.530. The van der Waals surface area contributed by atoms with Gasteiger partial charge in [0, 0.05) is 31.8 Å². The van der Waals surface area contributed by atoms with Crippen molar-refractivity contribution in [3.05, 3.63) is 0 Å². The zero-order chi connectivity index (χ0) is 14.1. The van der Waals surface area contributed by atoms with Gasteiger partial charge in [-0.15, -0.1) is 0 Å². The van der Waals surface area contributed by atoms with Crippen LogP contribution in [0.1, 0.15) is 45.4 Å². The second-order valence-electron chi connectivity index (χ2n) is 5.96. The molecule has 1 aliphatic carbocycles. The largest absolute Gasteiger partial charge is 0.394 e. The fourth-order valence-corrected chi connectivity index (χ4v) is 2.53. The van der Waals surface area contributed by atoms with Crippen LogP contribution in [0, 0.1) is 0 Å². The molecule has 0 aromatic carbocycles. The first-order valence-electron chi connectivity index (χ1n) is 7.72. The summed E-state index contributed by atoms with van der Waals surface area (Å²) in [5, 5.41) is 13.3. The Labute approximate surface area is 118 Å². The lowest BCUT2D eigenvalue weighted by Gasteiger charge is -2.33. The van der Waals surface area contributed by atoms with E-state index in [1.54, 1.807) is 7.11 Å². The molecule has 1 atom stereocenters. The number of nitrogens with zero attached hydrogens (tertiary/aromatic N) is 1. The molecule has 0 bridgehead atoms. The Morgan fingerprint density at radius 3 is 2.53 bits per heavy atom. The van der Waals surface area contributed by atoms with Crippen molar-refractivity contribution >= 4 is 0 Å². The molecular formula is C15H32N2O2. The van der Waals surface area contributed by atoms with Crippen LogP contribution in [0.2, 0.25) is 0 Å². The first-order chi connectivity index (χ1) is 9.15. The van der Waals surface area contributed by atoms with E-state index in [4.69, 9.17) is 4.74 Å². The molecule has 2 N–H and O–H groups in total. The molecule has 0 heterocycles. The van der Waals surface area contributed by atoms with Crippen LogP contribution in [0.5, 0.6) is 0 Å². The smallest absolute Gasteiger partial charge is 0.0613 e. The summed E-state index contributed by atoms with van der Waals surface area (Å²) in [5.74, 6) is 0. The topological polar surface area (TPSA) is 44.7 Å². The van der Waals surface area contributed by atoms with Crippen molar-refractivity contribution in [1.82, 2.24) is 10.2 Å². The molecule has 114 valence electrons. The second kappa shape index (κ2) is 8.90. The molecule has 0 saturated heterocycles. The maximum Gasteiger partial charge on any atom is 0.0613 e. The van der Waals surface area contributed by atoms with Crippen LogP contribution in [0.25, 0.3) is 0 Å². The van der Waals surface area contributed by atoms with Gasteiger partial charge < -0.3 is 20.1 Å². The second-order valence-corrected chi connectivity index (χ2v) is 5.96. The van der Waals surface area contributed by atoms with Crippen molar-refractivity contribution < 1.29 is 9.84 Å². The Morgan fingerprint density at radius 2 is 2.00 bits per heavy atom. The minimum atomic E-state index is -0.0471. The van der Waals surface area contributed by atoms with E-state index >= 15 is 0 Å². The summed E-state index contributed by atoms with van der Waals surface area (Å²) in [6, 6.07) is 0.659. The highest BCUT2D eigenvalue weighted by Crippen LogP contribution is 2.26. The molecule has 19 heavy (non-hydrogen) atoms. The number of aliphatic hydroxyl groups is 1. The molecule has 1 aliphatic rings. The molecule has 4 heteroatoms. The molecule has 1 fully saturated rings. The van der Waals surface area contributed by atoms with Gasteiger partial charge >= 0.3 is 0 Å². The van der Waals surface area contributed by atoms with E-state index in [1.807, 2.05) is 0 Å². The third-order valence-electron chi connectivity index (χ3n) is 4.15. The Bertz CT molecular complexity index is 228. The number of aliphatic hydroxyl groups excluding tert-OH is 1. The Balaban J connectivity index is 2.19. The highest BCUT2D eigenvalue weighted by Gasteiger charge is 2.33. The van der Waals surface area contributed by atoms with E-state index < -0.39 is 0 Å². The number of rotatable bonds is 12. The number of nitrogens with one attached hydrogen (secondary N) is 1. The minimum absolute atomic E-state index is 0.0471. The molecule has 4 nitrogen and oxygen atoms in total. The van der Waals surface area contributed by atoms with Gasteiger partial charge in [0.2, 0.25) is 0 Å². The molecule has 1 saturated carbocycles. The lowest BCUT2D eigenvalue weighted by molar-refractivity contribution is 0.136. The van der Waals surface area contributed by atoms with E-state index in [0.717, 1.165) is 45.4 Å². The number of ether oxygens (including phenoxy) is 1. The van der Waals surface area contributed by atoms with E-state index in [0.29, 0.717) is 6.04 Å². The molecule has 1 rings (SSSR count). The van der Waals surface area contributed by atoms with Crippen molar-refractivity contribution in [2.24, 2.45) is 0 Å². The van der Waals surface area contributed by atoms with Crippen LogP contribution < -0.4 is 5.32 Å². The molecule has 0 aliphatic heterocycles. The standard InChI is InChI=1S/C15H32N2O2/c1-4-15(13-18,16-14-7-8-14)9-5-10-17(2)11-6-12-19-3/h14,16,18H,4-13H2,1-3H3. The van der Waals surface area contributed by atoms with Gasteiger partial charge in [0.1, 0.15) is 0 Å². The average Bonchev–Trinajstić information content (AvgIpc) is 3.22. The van der Waals surface area contributed by atoms with Crippen LogP contribution >= 0.6 is 0 Å². The van der Waals surface area contributed by atoms with Crippen LogP contribution in [-0.4, -0.2) is 62.0 Å². The van der Waals surface area contributed by atoms with Gasteiger partial charge in [-0.2, -0.15) is 0 Å². The molecular weight excluding hydrogens is 240 g/mol. The van der Waals surface area contributed by atoms with Gasteiger partial charge in [0.25, 0.3) is 0 Å². The predicted octanol–water partition coefficient (Wildman–Crippen LogP) is 1.63. The summed E-state index contributed by atoms with van der Waals surface area (Å²) in [5.41, 5.74) is -0.0471. The molecule has 0 aromatic rings. The van der Waals surface area contributed by atoms with Gasteiger partial charge in [0.05, 0.1) is 6.61 Å².